The molecule has 0 saturated heterocycles. The number of aliphatic carboxylic acids is 1. The lowest BCUT2D eigenvalue weighted by Crippen LogP contribution is -2.40. The Morgan fingerprint density at radius 3 is 1.71 bits per heavy atom. The number of likely N-dealkylation sites (N-methyl/N-ethyl adjacent to an activating group) is 1. The fourth-order valence-corrected chi connectivity index (χ4v) is 4.79. The number of carbonyl (C=O) groups excluding carboxylic acids is 2. The van der Waals surface area contributed by atoms with Gasteiger partial charge in [0.1, 0.15) is 13.2 Å². The first-order valence-electron chi connectivity index (χ1n) is 19.2. The second-order valence-corrected chi connectivity index (χ2v) is 13.9. The van der Waals surface area contributed by atoms with Crippen molar-refractivity contribution < 1.29 is 42.9 Å². The van der Waals surface area contributed by atoms with Crippen molar-refractivity contribution in [2.45, 2.75) is 155 Å². The molecule has 0 saturated carbocycles. The highest BCUT2D eigenvalue weighted by Crippen LogP contribution is 2.12. The van der Waals surface area contributed by atoms with E-state index in [4.69, 9.17) is 18.9 Å². The number of quaternary nitrogens is 1. The molecule has 284 valence electrons. The number of esters is 2. The van der Waals surface area contributed by atoms with Gasteiger partial charge in [-0.1, -0.05) is 108 Å². The van der Waals surface area contributed by atoms with Gasteiger partial charge in [0.05, 0.1) is 34.4 Å². The second kappa shape index (κ2) is 32.7. The molecule has 0 aromatic rings. The molecule has 49 heavy (non-hydrogen) atoms. The zero-order valence-corrected chi connectivity index (χ0v) is 31.8. The first-order valence-corrected chi connectivity index (χ1v) is 19.2. The molecule has 0 bridgehead atoms. The van der Waals surface area contributed by atoms with Crippen molar-refractivity contribution in [2.24, 2.45) is 0 Å². The summed E-state index contributed by atoms with van der Waals surface area (Å²) < 4.78 is 22.6. The van der Waals surface area contributed by atoms with Gasteiger partial charge in [0, 0.05) is 12.8 Å². The van der Waals surface area contributed by atoms with E-state index in [0.717, 1.165) is 89.9 Å². The van der Waals surface area contributed by atoms with E-state index in [1.165, 1.54) is 19.3 Å². The molecular formula is C40H72NO8+. The topological polar surface area (TPSA) is 108 Å². The molecule has 0 rings (SSSR count). The maximum atomic E-state index is 12.7. The third-order valence-electron chi connectivity index (χ3n) is 7.85. The predicted octanol–water partition coefficient (Wildman–Crippen LogP) is 9.10. The maximum Gasteiger partial charge on any atom is 0.361 e. The Bertz CT molecular complexity index is 908. The van der Waals surface area contributed by atoms with Crippen LogP contribution in [0.2, 0.25) is 0 Å². The van der Waals surface area contributed by atoms with Crippen molar-refractivity contribution in [3.63, 3.8) is 0 Å². The van der Waals surface area contributed by atoms with E-state index >= 15 is 0 Å². The Balaban J connectivity index is 4.59. The van der Waals surface area contributed by atoms with E-state index in [0.29, 0.717) is 17.4 Å². The number of hydrogen-bond donors (Lipinski definition) is 1. The number of allylic oxidation sites excluding steroid dienone is 6. The molecule has 0 fully saturated rings. The van der Waals surface area contributed by atoms with Gasteiger partial charge in [-0.15, -0.1) is 0 Å². The monoisotopic (exact) mass is 695 g/mol. The minimum absolute atomic E-state index is 0.183. The van der Waals surface area contributed by atoms with Crippen LogP contribution in [0.15, 0.2) is 36.5 Å². The Labute approximate surface area is 299 Å². The van der Waals surface area contributed by atoms with Crippen LogP contribution in [0.25, 0.3) is 0 Å². The van der Waals surface area contributed by atoms with Crippen LogP contribution in [0.4, 0.5) is 0 Å². The summed E-state index contributed by atoms with van der Waals surface area (Å²) >= 11 is 0. The molecule has 1 N–H and O–H groups in total. The largest absolute Gasteiger partial charge is 0.477 e. The highest BCUT2D eigenvalue weighted by molar-refractivity contribution is 5.71. The molecular weight excluding hydrogens is 622 g/mol. The van der Waals surface area contributed by atoms with Crippen LogP contribution < -0.4 is 0 Å². The van der Waals surface area contributed by atoms with Crippen molar-refractivity contribution in [3.05, 3.63) is 36.5 Å². The van der Waals surface area contributed by atoms with Gasteiger partial charge in [-0.2, -0.15) is 0 Å². The molecule has 0 amide bonds. The Morgan fingerprint density at radius 2 is 1.14 bits per heavy atom. The lowest BCUT2D eigenvalue weighted by atomic mass is 10.1. The van der Waals surface area contributed by atoms with E-state index in [1.807, 2.05) is 21.1 Å². The van der Waals surface area contributed by atoms with Gasteiger partial charge in [-0.05, 0) is 57.8 Å². The second-order valence-electron chi connectivity index (χ2n) is 13.9. The van der Waals surface area contributed by atoms with Gasteiger partial charge in [-0.25, -0.2) is 4.79 Å². The number of rotatable bonds is 34. The Morgan fingerprint density at radius 1 is 0.612 bits per heavy atom. The third-order valence-corrected chi connectivity index (χ3v) is 7.85. The Kier molecular flexibility index (Phi) is 31.0. The third kappa shape index (κ3) is 33.8. The van der Waals surface area contributed by atoms with Gasteiger partial charge in [0.15, 0.2) is 6.10 Å². The van der Waals surface area contributed by atoms with E-state index < -0.39 is 24.3 Å². The molecule has 0 aliphatic carbocycles. The number of ether oxygens (including phenoxy) is 4. The minimum Gasteiger partial charge on any atom is -0.477 e. The van der Waals surface area contributed by atoms with E-state index in [9.17, 15) is 19.5 Å². The average Bonchev–Trinajstić information content (AvgIpc) is 3.05. The molecule has 0 aromatic carbocycles. The summed E-state index contributed by atoms with van der Waals surface area (Å²) in [4.78, 5) is 36.8. The summed E-state index contributed by atoms with van der Waals surface area (Å²) in [5.41, 5.74) is 0. The number of unbranched alkanes of at least 4 members (excludes halogenated alkanes) is 13. The zero-order valence-electron chi connectivity index (χ0n) is 31.8. The first-order chi connectivity index (χ1) is 23.6. The van der Waals surface area contributed by atoms with E-state index in [1.54, 1.807) is 0 Å². The average molecular weight is 695 g/mol. The number of carboxylic acid groups (broad SMARTS) is 1. The molecule has 0 aromatic heterocycles. The summed E-state index contributed by atoms with van der Waals surface area (Å²) in [6, 6.07) is 0. The lowest BCUT2D eigenvalue weighted by Gasteiger charge is -2.25. The summed E-state index contributed by atoms with van der Waals surface area (Å²) in [7, 11) is 5.93. The molecule has 0 heterocycles. The summed E-state index contributed by atoms with van der Waals surface area (Å²) in [6.07, 6.45) is 30.6. The van der Waals surface area contributed by atoms with E-state index in [-0.39, 0.29) is 38.6 Å². The van der Waals surface area contributed by atoms with Gasteiger partial charge < -0.3 is 28.5 Å². The predicted molar refractivity (Wildman–Crippen MR) is 198 cm³/mol. The van der Waals surface area contributed by atoms with Crippen molar-refractivity contribution in [3.8, 4) is 0 Å². The van der Waals surface area contributed by atoms with Crippen LogP contribution in [-0.2, 0) is 33.3 Å². The molecule has 0 radical (unpaired) electrons. The van der Waals surface area contributed by atoms with Crippen LogP contribution in [-0.4, -0.2) is 87.4 Å². The summed E-state index contributed by atoms with van der Waals surface area (Å²) in [5.74, 6) is -2.05. The standard InChI is InChI=1S/C40H71NO8/c1-6-8-10-12-14-16-18-19-21-23-25-27-29-31-38(43)49-36(35-48-40(39(44)45)46-33-32-41(3,4)5)34-47-37(42)30-28-26-24-22-20-17-15-13-11-9-7-2/h10,12-13,15-16,18,36,40H,6-9,11,14,17,19-35H2,1-5H3/p+1/b12-10-,15-13-,18-16-. The molecule has 2 unspecified atom stereocenters. The fourth-order valence-electron chi connectivity index (χ4n) is 4.79. The lowest BCUT2D eigenvalue weighted by molar-refractivity contribution is -0.870. The van der Waals surface area contributed by atoms with Crippen LogP contribution >= 0.6 is 0 Å². The number of carbonyl (C=O) groups is 3. The van der Waals surface area contributed by atoms with Crippen molar-refractivity contribution in [2.75, 3.05) is 47.5 Å². The van der Waals surface area contributed by atoms with Gasteiger partial charge in [0.2, 0.25) is 0 Å². The Hall–Kier alpha value is -2.49. The molecule has 0 spiro atoms. The number of hydrogen-bond acceptors (Lipinski definition) is 7. The maximum absolute atomic E-state index is 12.7. The normalized spacial score (nSPS) is 13.4. The summed E-state index contributed by atoms with van der Waals surface area (Å²) in [6.45, 7) is 4.71. The van der Waals surface area contributed by atoms with Crippen LogP contribution in [0.5, 0.6) is 0 Å². The molecule has 2 atom stereocenters. The van der Waals surface area contributed by atoms with Crippen molar-refractivity contribution in [1.82, 2.24) is 0 Å². The van der Waals surface area contributed by atoms with Crippen molar-refractivity contribution >= 4 is 17.9 Å². The van der Waals surface area contributed by atoms with Gasteiger partial charge in [-0.3, -0.25) is 9.59 Å². The molecule has 9 nitrogen and oxygen atoms in total. The van der Waals surface area contributed by atoms with Gasteiger partial charge in [0.25, 0.3) is 6.29 Å². The van der Waals surface area contributed by atoms with E-state index in [2.05, 4.69) is 50.3 Å². The first kappa shape index (κ1) is 46.5. The quantitative estimate of drug-likeness (QED) is 0.0234. The molecule has 0 aliphatic rings. The van der Waals surface area contributed by atoms with Crippen LogP contribution in [0.3, 0.4) is 0 Å². The van der Waals surface area contributed by atoms with Gasteiger partial charge >= 0.3 is 17.9 Å². The molecule has 9 heteroatoms. The SMILES string of the molecule is CCC/C=C\C/C=C\CCCCCCCC(=O)OC(COC(=O)CCCCCCC/C=C\CCCC)COC(OCC[N+](C)(C)C)C(=O)O. The fraction of sp³-hybridized carbons (Fsp3) is 0.775. The number of carboxylic acids is 1. The van der Waals surface area contributed by atoms with Crippen molar-refractivity contribution in [1.29, 1.82) is 0 Å². The highest BCUT2D eigenvalue weighted by Gasteiger charge is 2.25. The minimum atomic E-state index is -1.51. The zero-order chi connectivity index (χ0) is 36.4. The van der Waals surface area contributed by atoms with Crippen LogP contribution in [0.1, 0.15) is 142 Å². The van der Waals surface area contributed by atoms with Crippen LogP contribution in [0, 0.1) is 0 Å². The smallest absolute Gasteiger partial charge is 0.361 e. The summed E-state index contributed by atoms with van der Waals surface area (Å²) in [5, 5.41) is 9.58. The molecule has 0 aliphatic heterocycles. The number of nitrogens with zero attached hydrogens (tertiary/aromatic N) is 1. The highest BCUT2D eigenvalue weighted by atomic mass is 16.7.